The highest BCUT2D eigenvalue weighted by Gasteiger charge is 2.30. The van der Waals surface area contributed by atoms with Gasteiger partial charge in [0.15, 0.2) is 0 Å². The lowest BCUT2D eigenvalue weighted by molar-refractivity contribution is -0.132. The molecule has 1 aliphatic heterocycles. The number of nitrogens with zero attached hydrogens (tertiary/aromatic N) is 1. The lowest BCUT2D eigenvalue weighted by Crippen LogP contribution is -2.47. The molecule has 3 nitrogen and oxygen atoms in total. The molecule has 4 heteroatoms. The van der Waals surface area contributed by atoms with Gasteiger partial charge in [-0.15, -0.1) is 0 Å². The molecular weight excluding hydrogens is 256 g/mol. The fraction of sp³-hybridized carbons (Fsp3) is 0.533. The molecule has 0 aliphatic carbocycles. The van der Waals surface area contributed by atoms with Gasteiger partial charge in [0.2, 0.25) is 5.91 Å². The summed E-state index contributed by atoms with van der Waals surface area (Å²) in [6, 6.07) is 9.86. The first-order valence-electron chi connectivity index (χ1n) is 6.81. The fourth-order valence-corrected chi connectivity index (χ4v) is 3.97. The molecular formula is C15H22N2OS. The predicted octanol–water partition coefficient (Wildman–Crippen LogP) is 2.08. The second-order valence-electron chi connectivity index (χ2n) is 5.20. The Morgan fingerprint density at radius 1 is 1.32 bits per heavy atom. The second-order valence-corrected chi connectivity index (χ2v) is 7.08. The van der Waals surface area contributed by atoms with E-state index in [0.29, 0.717) is 17.0 Å². The summed E-state index contributed by atoms with van der Waals surface area (Å²) in [6.07, 6.45) is 0. The van der Waals surface area contributed by atoms with Crippen molar-refractivity contribution in [2.75, 3.05) is 19.6 Å². The molecule has 1 saturated heterocycles. The minimum atomic E-state index is -0.205. The number of thioether (sulfide) groups is 1. The van der Waals surface area contributed by atoms with Gasteiger partial charge in [-0.3, -0.25) is 4.79 Å². The van der Waals surface area contributed by atoms with Crippen LogP contribution in [0.4, 0.5) is 0 Å². The first-order chi connectivity index (χ1) is 9.11. The Morgan fingerprint density at radius 2 is 1.89 bits per heavy atom. The topological polar surface area (TPSA) is 46.3 Å². The van der Waals surface area contributed by atoms with Crippen LogP contribution >= 0.6 is 11.8 Å². The Bertz CT molecular complexity index is 413. The van der Waals surface area contributed by atoms with Gasteiger partial charge in [-0.05, 0) is 5.56 Å². The van der Waals surface area contributed by atoms with E-state index in [2.05, 4.69) is 13.8 Å². The quantitative estimate of drug-likeness (QED) is 0.921. The molecule has 1 amide bonds. The van der Waals surface area contributed by atoms with Crippen molar-refractivity contribution in [3.8, 4) is 0 Å². The van der Waals surface area contributed by atoms with E-state index in [-0.39, 0.29) is 11.8 Å². The molecule has 0 saturated carbocycles. The summed E-state index contributed by atoms with van der Waals surface area (Å²) >= 11 is 1.95. The lowest BCUT2D eigenvalue weighted by atomic mass is 9.97. The third-order valence-electron chi connectivity index (χ3n) is 3.47. The largest absolute Gasteiger partial charge is 0.340 e. The average Bonchev–Trinajstić information content (AvgIpc) is 2.39. The van der Waals surface area contributed by atoms with E-state index in [4.69, 9.17) is 5.73 Å². The molecule has 3 atom stereocenters. The summed E-state index contributed by atoms with van der Waals surface area (Å²) in [5, 5.41) is 1.00. The van der Waals surface area contributed by atoms with Crippen molar-refractivity contribution >= 4 is 17.7 Å². The van der Waals surface area contributed by atoms with Crippen LogP contribution in [0.5, 0.6) is 0 Å². The molecule has 0 spiro atoms. The molecule has 2 rings (SSSR count). The SMILES string of the molecule is CC1CN(C(=O)C(CN)c2ccccc2)CC(C)S1. The summed E-state index contributed by atoms with van der Waals surface area (Å²) in [6.45, 7) is 6.39. The monoisotopic (exact) mass is 278 g/mol. The molecule has 2 N–H and O–H groups in total. The van der Waals surface area contributed by atoms with E-state index in [1.54, 1.807) is 0 Å². The maximum Gasteiger partial charge on any atom is 0.231 e. The number of benzene rings is 1. The molecule has 1 aromatic carbocycles. The number of rotatable bonds is 3. The minimum absolute atomic E-state index is 0.174. The van der Waals surface area contributed by atoms with Gasteiger partial charge in [-0.2, -0.15) is 11.8 Å². The molecule has 1 heterocycles. The maximum absolute atomic E-state index is 12.7. The Balaban J connectivity index is 2.13. The number of amides is 1. The van der Waals surface area contributed by atoms with Gasteiger partial charge in [0.05, 0.1) is 5.92 Å². The van der Waals surface area contributed by atoms with Gasteiger partial charge < -0.3 is 10.6 Å². The van der Waals surface area contributed by atoms with Crippen molar-refractivity contribution in [1.82, 2.24) is 4.90 Å². The van der Waals surface area contributed by atoms with Gasteiger partial charge in [0, 0.05) is 30.1 Å². The van der Waals surface area contributed by atoms with Gasteiger partial charge in [0.1, 0.15) is 0 Å². The van der Waals surface area contributed by atoms with Crippen LogP contribution in [0, 0.1) is 0 Å². The van der Waals surface area contributed by atoms with Crippen molar-refractivity contribution in [2.45, 2.75) is 30.3 Å². The van der Waals surface area contributed by atoms with Crippen LogP contribution in [0.15, 0.2) is 30.3 Å². The summed E-state index contributed by atoms with van der Waals surface area (Å²) in [4.78, 5) is 14.6. The van der Waals surface area contributed by atoms with E-state index in [1.807, 2.05) is 47.0 Å². The molecule has 0 radical (unpaired) electrons. The van der Waals surface area contributed by atoms with Crippen LogP contribution in [0.2, 0.25) is 0 Å². The summed E-state index contributed by atoms with van der Waals surface area (Å²) in [5.41, 5.74) is 6.85. The Hall–Kier alpha value is -1.00. The third-order valence-corrected chi connectivity index (χ3v) is 4.69. The third kappa shape index (κ3) is 3.51. The first-order valence-corrected chi connectivity index (χ1v) is 7.75. The van der Waals surface area contributed by atoms with E-state index in [1.165, 1.54) is 0 Å². The molecule has 104 valence electrons. The van der Waals surface area contributed by atoms with Gasteiger partial charge in [-0.25, -0.2) is 0 Å². The highest BCUT2D eigenvalue weighted by molar-refractivity contribution is 8.00. The van der Waals surface area contributed by atoms with Crippen LogP contribution in [0.3, 0.4) is 0 Å². The first kappa shape index (κ1) is 14.4. The number of hydrogen-bond donors (Lipinski definition) is 1. The van der Waals surface area contributed by atoms with Gasteiger partial charge >= 0.3 is 0 Å². The van der Waals surface area contributed by atoms with Crippen molar-refractivity contribution in [1.29, 1.82) is 0 Å². The number of carbonyl (C=O) groups is 1. The molecule has 1 fully saturated rings. The standard InChI is InChI=1S/C15H22N2OS/c1-11-9-17(10-12(2)19-11)15(18)14(8-16)13-6-4-3-5-7-13/h3-7,11-12,14H,8-10,16H2,1-2H3. The lowest BCUT2D eigenvalue weighted by Gasteiger charge is -2.36. The highest BCUT2D eigenvalue weighted by atomic mass is 32.2. The Morgan fingerprint density at radius 3 is 2.42 bits per heavy atom. The zero-order valence-electron chi connectivity index (χ0n) is 11.6. The minimum Gasteiger partial charge on any atom is -0.340 e. The predicted molar refractivity (Wildman–Crippen MR) is 81.3 cm³/mol. The van der Waals surface area contributed by atoms with Gasteiger partial charge in [-0.1, -0.05) is 44.2 Å². The summed E-state index contributed by atoms with van der Waals surface area (Å²) in [7, 11) is 0. The van der Waals surface area contributed by atoms with Crippen LogP contribution in [-0.2, 0) is 4.79 Å². The zero-order chi connectivity index (χ0) is 13.8. The zero-order valence-corrected chi connectivity index (χ0v) is 12.4. The van der Waals surface area contributed by atoms with Crippen LogP contribution < -0.4 is 5.73 Å². The average molecular weight is 278 g/mol. The molecule has 1 aliphatic rings. The maximum atomic E-state index is 12.7. The normalized spacial score (nSPS) is 25.1. The van der Waals surface area contributed by atoms with Crippen LogP contribution in [-0.4, -0.2) is 40.9 Å². The van der Waals surface area contributed by atoms with Crippen LogP contribution in [0.1, 0.15) is 25.3 Å². The fourth-order valence-electron chi connectivity index (χ4n) is 2.64. The van der Waals surface area contributed by atoms with Crippen LogP contribution in [0.25, 0.3) is 0 Å². The summed E-state index contributed by atoms with van der Waals surface area (Å²) < 4.78 is 0. The van der Waals surface area contributed by atoms with Crippen molar-refractivity contribution in [3.05, 3.63) is 35.9 Å². The van der Waals surface area contributed by atoms with E-state index in [9.17, 15) is 4.79 Å². The van der Waals surface area contributed by atoms with Crippen molar-refractivity contribution in [3.63, 3.8) is 0 Å². The van der Waals surface area contributed by atoms with Gasteiger partial charge in [0.25, 0.3) is 0 Å². The van der Waals surface area contributed by atoms with E-state index in [0.717, 1.165) is 18.7 Å². The molecule has 0 bridgehead atoms. The molecule has 0 aromatic heterocycles. The number of nitrogens with two attached hydrogens (primary N) is 1. The van der Waals surface area contributed by atoms with E-state index >= 15 is 0 Å². The molecule has 1 aromatic rings. The number of hydrogen-bond acceptors (Lipinski definition) is 3. The molecule has 19 heavy (non-hydrogen) atoms. The smallest absolute Gasteiger partial charge is 0.231 e. The van der Waals surface area contributed by atoms with E-state index < -0.39 is 0 Å². The summed E-state index contributed by atoms with van der Waals surface area (Å²) in [5.74, 6) is -0.0311. The van der Waals surface area contributed by atoms with Crippen molar-refractivity contribution in [2.24, 2.45) is 5.73 Å². The Labute approximate surface area is 119 Å². The molecule has 3 unspecified atom stereocenters. The second kappa shape index (κ2) is 6.44. The number of carbonyl (C=O) groups excluding carboxylic acids is 1. The highest BCUT2D eigenvalue weighted by Crippen LogP contribution is 2.27. The Kier molecular flexibility index (Phi) is 4.88. The van der Waals surface area contributed by atoms with Crippen molar-refractivity contribution < 1.29 is 4.79 Å².